The molecule has 0 fully saturated rings. The Morgan fingerprint density at radius 1 is 1.35 bits per heavy atom. The second kappa shape index (κ2) is 5.68. The van der Waals surface area contributed by atoms with Crippen LogP contribution in [0.25, 0.3) is 11.1 Å². The molecule has 0 aliphatic carbocycles. The molecule has 1 aromatic heterocycles. The summed E-state index contributed by atoms with van der Waals surface area (Å²) in [4.78, 5) is 6.36. The van der Waals surface area contributed by atoms with E-state index in [9.17, 15) is 0 Å². The molecule has 0 atom stereocenters. The number of hydrogen-bond acceptors (Lipinski definition) is 4. The molecule has 1 aromatic carbocycles. The molecular formula is C13H19N3O. The summed E-state index contributed by atoms with van der Waals surface area (Å²) in [5.74, 6) is 0. The number of benzene rings is 1. The summed E-state index contributed by atoms with van der Waals surface area (Å²) in [5, 5.41) is 3.16. The van der Waals surface area contributed by atoms with Crippen LogP contribution < -0.4 is 10.2 Å². The van der Waals surface area contributed by atoms with Crippen LogP contribution in [0.3, 0.4) is 0 Å². The van der Waals surface area contributed by atoms with Gasteiger partial charge in [-0.2, -0.15) is 0 Å². The second-order valence-corrected chi connectivity index (χ2v) is 4.24. The van der Waals surface area contributed by atoms with Gasteiger partial charge in [-0.1, -0.05) is 0 Å². The number of hydrogen-bond donors (Lipinski definition) is 1. The standard InChI is InChI=1S/C13H19N3O/c1-14-7-3-4-8-16(2)11-5-6-12-13(9-11)17-10-15-12/h5-6,9-10,14H,3-4,7-8H2,1-2H3. The molecule has 0 aliphatic heterocycles. The first-order valence-corrected chi connectivity index (χ1v) is 6.00. The zero-order chi connectivity index (χ0) is 12.1. The van der Waals surface area contributed by atoms with Gasteiger partial charge in [-0.3, -0.25) is 0 Å². The SMILES string of the molecule is CNCCCCN(C)c1ccc2ncoc2c1. The minimum absolute atomic E-state index is 0.851. The van der Waals surface area contributed by atoms with E-state index in [1.165, 1.54) is 24.9 Å². The van der Waals surface area contributed by atoms with Crippen molar-refractivity contribution in [2.45, 2.75) is 12.8 Å². The third kappa shape index (κ3) is 2.97. The topological polar surface area (TPSA) is 41.3 Å². The van der Waals surface area contributed by atoms with Crippen molar-refractivity contribution in [3.63, 3.8) is 0 Å². The average molecular weight is 233 g/mol. The predicted octanol–water partition coefficient (Wildman–Crippen LogP) is 2.26. The van der Waals surface area contributed by atoms with Gasteiger partial charge in [0, 0.05) is 25.3 Å². The van der Waals surface area contributed by atoms with E-state index in [1.54, 1.807) is 0 Å². The maximum absolute atomic E-state index is 5.30. The second-order valence-electron chi connectivity index (χ2n) is 4.24. The van der Waals surface area contributed by atoms with Crippen LogP contribution >= 0.6 is 0 Å². The highest BCUT2D eigenvalue weighted by molar-refractivity contribution is 5.76. The number of unbranched alkanes of at least 4 members (excludes halogenated alkanes) is 1. The van der Waals surface area contributed by atoms with Crippen molar-refractivity contribution < 1.29 is 4.42 Å². The lowest BCUT2D eigenvalue weighted by Crippen LogP contribution is -2.19. The molecule has 0 unspecified atom stereocenters. The summed E-state index contributed by atoms with van der Waals surface area (Å²) in [6.45, 7) is 2.14. The molecule has 0 spiro atoms. The van der Waals surface area contributed by atoms with Crippen molar-refractivity contribution in [3.05, 3.63) is 24.6 Å². The van der Waals surface area contributed by atoms with E-state index < -0.39 is 0 Å². The molecular weight excluding hydrogens is 214 g/mol. The molecule has 17 heavy (non-hydrogen) atoms. The highest BCUT2D eigenvalue weighted by Gasteiger charge is 2.04. The molecule has 0 amide bonds. The molecule has 2 aromatic rings. The molecule has 4 nitrogen and oxygen atoms in total. The minimum Gasteiger partial charge on any atom is -0.443 e. The number of aromatic nitrogens is 1. The number of rotatable bonds is 6. The summed E-state index contributed by atoms with van der Waals surface area (Å²) in [5.41, 5.74) is 2.95. The Kier molecular flexibility index (Phi) is 3.98. The molecule has 0 saturated heterocycles. The highest BCUT2D eigenvalue weighted by Crippen LogP contribution is 2.20. The van der Waals surface area contributed by atoms with E-state index in [-0.39, 0.29) is 0 Å². The molecule has 0 aliphatic rings. The average Bonchev–Trinajstić information content (AvgIpc) is 2.81. The van der Waals surface area contributed by atoms with E-state index in [4.69, 9.17) is 4.42 Å². The maximum atomic E-state index is 5.30. The normalized spacial score (nSPS) is 10.9. The number of nitrogens with zero attached hydrogens (tertiary/aromatic N) is 2. The monoisotopic (exact) mass is 233 g/mol. The van der Waals surface area contributed by atoms with Crippen molar-refractivity contribution in [2.24, 2.45) is 0 Å². The Labute approximate surface area is 102 Å². The Balaban J connectivity index is 1.95. The van der Waals surface area contributed by atoms with Crippen molar-refractivity contribution >= 4 is 16.8 Å². The molecule has 4 heteroatoms. The van der Waals surface area contributed by atoms with Gasteiger partial charge in [0.2, 0.25) is 0 Å². The van der Waals surface area contributed by atoms with Crippen LogP contribution in [0.2, 0.25) is 0 Å². The van der Waals surface area contributed by atoms with Crippen molar-refractivity contribution in [3.8, 4) is 0 Å². The van der Waals surface area contributed by atoms with E-state index >= 15 is 0 Å². The highest BCUT2D eigenvalue weighted by atomic mass is 16.3. The quantitative estimate of drug-likeness (QED) is 0.777. The summed E-state index contributed by atoms with van der Waals surface area (Å²) >= 11 is 0. The van der Waals surface area contributed by atoms with Crippen LogP contribution in [0.5, 0.6) is 0 Å². The molecule has 0 saturated carbocycles. The Morgan fingerprint density at radius 3 is 3.06 bits per heavy atom. The fourth-order valence-electron chi connectivity index (χ4n) is 1.86. The summed E-state index contributed by atoms with van der Waals surface area (Å²) < 4.78 is 5.30. The molecule has 0 radical (unpaired) electrons. The molecule has 2 rings (SSSR count). The third-order valence-corrected chi connectivity index (χ3v) is 2.93. The van der Waals surface area contributed by atoms with Gasteiger partial charge in [0.15, 0.2) is 12.0 Å². The van der Waals surface area contributed by atoms with Crippen LogP contribution in [-0.4, -0.2) is 32.2 Å². The predicted molar refractivity (Wildman–Crippen MR) is 70.4 cm³/mol. The van der Waals surface area contributed by atoms with Crippen LogP contribution in [-0.2, 0) is 0 Å². The zero-order valence-electron chi connectivity index (χ0n) is 10.4. The first-order chi connectivity index (χ1) is 8.31. The minimum atomic E-state index is 0.851. The van der Waals surface area contributed by atoms with Crippen LogP contribution in [0.15, 0.2) is 29.0 Å². The zero-order valence-corrected chi connectivity index (χ0v) is 10.4. The first-order valence-electron chi connectivity index (χ1n) is 6.00. The van der Waals surface area contributed by atoms with Gasteiger partial charge < -0.3 is 14.6 Å². The smallest absolute Gasteiger partial charge is 0.181 e. The van der Waals surface area contributed by atoms with Crippen molar-refractivity contribution in [1.29, 1.82) is 0 Å². The first kappa shape index (κ1) is 11.9. The largest absolute Gasteiger partial charge is 0.443 e. The Hall–Kier alpha value is -1.55. The number of nitrogens with one attached hydrogen (secondary N) is 1. The van der Waals surface area contributed by atoms with Crippen molar-refractivity contribution in [2.75, 3.05) is 32.1 Å². The number of anilines is 1. The lowest BCUT2D eigenvalue weighted by Gasteiger charge is -2.18. The fraction of sp³-hybridized carbons (Fsp3) is 0.462. The van der Waals surface area contributed by atoms with Gasteiger partial charge in [-0.05, 0) is 38.6 Å². The lowest BCUT2D eigenvalue weighted by molar-refractivity contribution is 0.602. The van der Waals surface area contributed by atoms with Gasteiger partial charge in [0.1, 0.15) is 5.52 Å². The lowest BCUT2D eigenvalue weighted by atomic mass is 10.2. The van der Waals surface area contributed by atoms with E-state index in [1.807, 2.05) is 19.2 Å². The molecule has 1 heterocycles. The van der Waals surface area contributed by atoms with Crippen LogP contribution in [0, 0.1) is 0 Å². The molecule has 92 valence electrons. The van der Waals surface area contributed by atoms with Gasteiger partial charge in [-0.25, -0.2) is 4.98 Å². The summed E-state index contributed by atoms with van der Waals surface area (Å²) in [7, 11) is 4.10. The molecule has 0 bridgehead atoms. The summed E-state index contributed by atoms with van der Waals surface area (Å²) in [6.07, 6.45) is 3.87. The summed E-state index contributed by atoms with van der Waals surface area (Å²) in [6, 6.07) is 6.13. The van der Waals surface area contributed by atoms with Gasteiger partial charge in [0.05, 0.1) is 0 Å². The van der Waals surface area contributed by atoms with E-state index in [2.05, 4.69) is 28.3 Å². The van der Waals surface area contributed by atoms with Gasteiger partial charge in [0.25, 0.3) is 0 Å². The van der Waals surface area contributed by atoms with Crippen LogP contribution in [0.1, 0.15) is 12.8 Å². The maximum Gasteiger partial charge on any atom is 0.181 e. The van der Waals surface area contributed by atoms with E-state index in [0.717, 1.165) is 24.2 Å². The van der Waals surface area contributed by atoms with Gasteiger partial charge in [-0.15, -0.1) is 0 Å². The third-order valence-electron chi connectivity index (χ3n) is 2.93. The Bertz CT molecular complexity index is 466. The van der Waals surface area contributed by atoms with E-state index in [0.29, 0.717) is 0 Å². The molecule has 1 N–H and O–H groups in total. The van der Waals surface area contributed by atoms with Gasteiger partial charge >= 0.3 is 0 Å². The number of fused-ring (bicyclic) bond motifs is 1. The Morgan fingerprint density at radius 2 is 2.24 bits per heavy atom. The van der Waals surface area contributed by atoms with Crippen molar-refractivity contribution in [1.82, 2.24) is 10.3 Å². The fourth-order valence-corrected chi connectivity index (χ4v) is 1.86. The number of oxazole rings is 1. The van der Waals surface area contributed by atoms with Crippen LogP contribution in [0.4, 0.5) is 5.69 Å².